The predicted molar refractivity (Wildman–Crippen MR) is 118 cm³/mol. The fraction of sp³-hybridized carbons (Fsp3) is 0.217. The van der Waals surface area contributed by atoms with Gasteiger partial charge < -0.3 is 10.1 Å². The average molecular weight is 442 g/mol. The maximum absolute atomic E-state index is 13.2. The number of rotatable bonds is 7. The molecule has 0 saturated carbocycles. The zero-order valence-corrected chi connectivity index (χ0v) is 18.2. The maximum atomic E-state index is 13.2. The van der Waals surface area contributed by atoms with Crippen molar-refractivity contribution in [1.82, 2.24) is 5.32 Å². The Morgan fingerprint density at radius 3 is 2.37 bits per heavy atom. The summed E-state index contributed by atoms with van der Waals surface area (Å²) >= 11 is 0. The highest BCUT2D eigenvalue weighted by molar-refractivity contribution is 7.94. The van der Waals surface area contributed by atoms with Crippen LogP contribution in [0.25, 0.3) is 0 Å². The SMILES string of the molecule is COc1ccccc1CNCc1cccc2c1C(S(=O)c1ccccc1)CS2(=O)=O. The van der Waals surface area contributed by atoms with Gasteiger partial charge in [0.1, 0.15) is 5.75 Å². The van der Waals surface area contributed by atoms with Crippen molar-refractivity contribution in [3.63, 3.8) is 0 Å². The van der Waals surface area contributed by atoms with Crippen LogP contribution in [0, 0.1) is 0 Å². The highest BCUT2D eigenvalue weighted by Crippen LogP contribution is 2.41. The molecule has 0 radical (unpaired) electrons. The Labute approximate surface area is 179 Å². The number of para-hydroxylation sites is 1. The third kappa shape index (κ3) is 4.05. The third-order valence-electron chi connectivity index (χ3n) is 5.24. The molecule has 4 rings (SSSR count). The van der Waals surface area contributed by atoms with Crippen LogP contribution in [0.15, 0.2) is 82.6 Å². The molecular weight excluding hydrogens is 418 g/mol. The number of hydrogen-bond acceptors (Lipinski definition) is 5. The van der Waals surface area contributed by atoms with Crippen LogP contribution in [-0.4, -0.2) is 25.5 Å². The van der Waals surface area contributed by atoms with E-state index in [1.807, 2.05) is 48.5 Å². The van der Waals surface area contributed by atoms with E-state index in [0.717, 1.165) is 16.9 Å². The van der Waals surface area contributed by atoms with Gasteiger partial charge >= 0.3 is 0 Å². The van der Waals surface area contributed by atoms with Gasteiger partial charge in [0.05, 0.1) is 33.8 Å². The van der Waals surface area contributed by atoms with E-state index in [4.69, 9.17) is 4.74 Å². The van der Waals surface area contributed by atoms with Crippen LogP contribution < -0.4 is 10.1 Å². The second-order valence-corrected chi connectivity index (χ2v) is 10.8. The molecule has 1 aliphatic rings. The normalized spacial score (nSPS) is 18.0. The standard InChI is InChI=1S/C23H23NO4S2/c1-28-20-12-6-5-8-17(20)14-24-15-18-9-7-13-22-23(18)21(16-30(22,26)27)29(25)19-10-3-2-4-11-19/h2-13,21,24H,14-16H2,1H3. The molecule has 1 aliphatic heterocycles. The second kappa shape index (κ2) is 8.71. The molecule has 0 spiro atoms. The van der Waals surface area contributed by atoms with E-state index in [2.05, 4.69) is 5.32 Å². The van der Waals surface area contributed by atoms with Crippen LogP contribution in [0.1, 0.15) is 21.9 Å². The van der Waals surface area contributed by atoms with Crippen LogP contribution in [0.4, 0.5) is 0 Å². The minimum absolute atomic E-state index is 0.132. The van der Waals surface area contributed by atoms with Gasteiger partial charge in [-0.1, -0.05) is 48.5 Å². The molecule has 0 bridgehead atoms. The molecule has 3 aromatic rings. The number of sulfone groups is 1. The molecule has 0 fully saturated rings. The lowest BCUT2D eigenvalue weighted by Crippen LogP contribution is -2.16. The van der Waals surface area contributed by atoms with Gasteiger partial charge in [-0.2, -0.15) is 0 Å². The van der Waals surface area contributed by atoms with Gasteiger partial charge in [-0.25, -0.2) is 8.42 Å². The Hall–Kier alpha value is -2.48. The summed E-state index contributed by atoms with van der Waals surface area (Å²) in [6.45, 7) is 1.05. The molecule has 1 heterocycles. The summed E-state index contributed by atoms with van der Waals surface area (Å²) in [5, 5.41) is 2.80. The molecule has 0 amide bonds. The van der Waals surface area contributed by atoms with Gasteiger partial charge in [0.15, 0.2) is 9.84 Å². The molecule has 1 N–H and O–H groups in total. The van der Waals surface area contributed by atoms with Crippen molar-refractivity contribution in [2.24, 2.45) is 0 Å². The van der Waals surface area contributed by atoms with Crippen LogP contribution in [0.5, 0.6) is 5.75 Å². The summed E-state index contributed by atoms with van der Waals surface area (Å²) in [6.07, 6.45) is 0. The van der Waals surface area contributed by atoms with Crippen molar-refractivity contribution in [2.75, 3.05) is 12.9 Å². The van der Waals surface area contributed by atoms with Gasteiger partial charge in [-0.3, -0.25) is 4.21 Å². The fourth-order valence-corrected chi connectivity index (χ4v) is 7.81. The fourth-order valence-electron chi connectivity index (χ4n) is 3.82. The quantitative estimate of drug-likeness (QED) is 0.606. The molecule has 30 heavy (non-hydrogen) atoms. The summed E-state index contributed by atoms with van der Waals surface area (Å²) in [7, 11) is -3.27. The number of hydrogen-bond donors (Lipinski definition) is 1. The summed E-state index contributed by atoms with van der Waals surface area (Å²) < 4.78 is 44.1. The molecular formula is C23H23NO4S2. The van der Waals surface area contributed by atoms with E-state index < -0.39 is 25.9 Å². The van der Waals surface area contributed by atoms with E-state index in [9.17, 15) is 12.6 Å². The van der Waals surface area contributed by atoms with Crippen molar-refractivity contribution >= 4 is 20.6 Å². The highest BCUT2D eigenvalue weighted by atomic mass is 32.2. The lowest BCUT2D eigenvalue weighted by Gasteiger charge is -2.16. The first-order chi connectivity index (χ1) is 14.5. The predicted octanol–water partition coefficient (Wildman–Crippen LogP) is 3.62. The monoisotopic (exact) mass is 441 g/mol. The third-order valence-corrected chi connectivity index (χ3v) is 8.91. The molecule has 2 atom stereocenters. The number of fused-ring (bicyclic) bond motifs is 1. The van der Waals surface area contributed by atoms with Crippen LogP contribution in [0.3, 0.4) is 0 Å². The Morgan fingerprint density at radius 1 is 0.933 bits per heavy atom. The zero-order chi connectivity index (χ0) is 21.1. The summed E-state index contributed by atoms with van der Waals surface area (Å²) in [6, 6.07) is 22.1. The number of nitrogens with one attached hydrogen (secondary N) is 1. The topological polar surface area (TPSA) is 72.5 Å². The van der Waals surface area contributed by atoms with Crippen LogP contribution >= 0.6 is 0 Å². The molecule has 7 heteroatoms. The Kier molecular flexibility index (Phi) is 6.04. The molecule has 5 nitrogen and oxygen atoms in total. The van der Waals surface area contributed by atoms with Crippen LogP contribution in [-0.2, 0) is 33.7 Å². The smallest absolute Gasteiger partial charge is 0.180 e. The summed E-state index contributed by atoms with van der Waals surface area (Å²) in [4.78, 5) is 0.940. The van der Waals surface area contributed by atoms with E-state index >= 15 is 0 Å². The highest BCUT2D eigenvalue weighted by Gasteiger charge is 2.40. The van der Waals surface area contributed by atoms with Gasteiger partial charge in [0.2, 0.25) is 0 Å². The number of benzene rings is 3. The van der Waals surface area contributed by atoms with E-state index in [1.165, 1.54) is 0 Å². The van der Waals surface area contributed by atoms with Gasteiger partial charge in [-0.05, 0) is 35.4 Å². The first-order valence-electron chi connectivity index (χ1n) is 9.64. The minimum Gasteiger partial charge on any atom is -0.496 e. The molecule has 0 saturated heterocycles. The molecule has 2 unspecified atom stereocenters. The summed E-state index contributed by atoms with van der Waals surface area (Å²) in [5.41, 5.74) is 2.55. The van der Waals surface area contributed by atoms with Crippen molar-refractivity contribution in [3.8, 4) is 5.75 Å². The Balaban J connectivity index is 1.62. The van der Waals surface area contributed by atoms with Gasteiger partial charge in [0.25, 0.3) is 0 Å². The molecule has 3 aromatic carbocycles. The maximum Gasteiger partial charge on any atom is 0.180 e. The van der Waals surface area contributed by atoms with Crippen molar-refractivity contribution in [3.05, 3.63) is 89.5 Å². The van der Waals surface area contributed by atoms with Gasteiger partial charge in [-0.15, -0.1) is 0 Å². The van der Waals surface area contributed by atoms with E-state index in [1.54, 1.807) is 31.4 Å². The van der Waals surface area contributed by atoms with E-state index in [0.29, 0.717) is 28.4 Å². The number of ether oxygens (including phenoxy) is 1. The van der Waals surface area contributed by atoms with Crippen molar-refractivity contribution < 1.29 is 17.4 Å². The lowest BCUT2D eigenvalue weighted by molar-refractivity contribution is 0.407. The van der Waals surface area contributed by atoms with Crippen molar-refractivity contribution in [2.45, 2.75) is 28.1 Å². The number of methoxy groups -OCH3 is 1. The summed E-state index contributed by atoms with van der Waals surface area (Å²) in [5.74, 6) is 0.668. The Morgan fingerprint density at radius 2 is 1.60 bits per heavy atom. The first kappa shape index (κ1) is 20.8. The average Bonchev–Trinajstić information content (AvgIpc) is 3.06. The molecule has 0 aliphatic carbocycles. The van der Waals surface area contributed by atoms with Crippen LogP contribution in [0.2, 0.25) is 0 Å². The van der Waals surface area contributed by atoms with Gasteiger partial charge in [0, 0.05) is 23.5 Å². The molecule has 0 aromatic heterocycles. The zero-order valence-electron chi connectivity index (χ0n) is 16.6. The largest absolute Gasteiger partial charge is 0.496 e. The second-order valence-electron chi connectivity index (χ2n) is 7.12. The van der Waals surface area contributed by atoms with E-state index in [-0.39, 0.29) is 5.75 Å². The first-order valence-corrected chi connectivity index (χ1v) is 12.5. The minimum atomic E-state index is -3.46. The molecule has 156 valence electrons. The van der Waals surface area contributed by atoms with Crippen molar-refractivity contribution in [1.29, 1.82) is 0 Å². The Bertz CT molecular complexity index is 1180. The lowest BCUT2D eigenvalue weighted by atomic mass is 10.0.